The van der Waals surface area contributed by atoms with Gasteiger partial charge in [0.2, 0.25) is 0 Å². The van der Waals surface area contributed by atoms with Gasteiger partial charge in [0, 0.05) is 18.2 Å². The molecule has 2 heterocycles. The molecule has 0 amide bonds. The van der Waals surface area contributed by atoms with Crippen LogP contribution in [0.3, 0.4) is 0 Å². The normalized spacial score (nSPS) is 29.2. The van der Waals surface area contributed by atoms with Gasteiger partial charge in [0.15, 0.2) is 0 Å². The first kappa shape index (κ1) is 12.0. The molecule has 1 N–H and O–H groups in total. The minimum Gasteiger partial charge on any atom is -0.389 e. The lowest BCUT2D eigenvalue weighted by Gasteiger charge is -2.41. The molecule has 0 aromatic carbocycles. The molecule has 0 radical (unpaired) electrons. The molecule has 1 saturated heterocycles. The van der Waals surface area contributed by atoms with Crippen LogP contribution in [0.5, 0.6) is 0 Å². The third-order valence-corrected chi connectivity index (χ3v) is 3.81. The van der Waals surface area contributed by atoms with E-state index in [2.05, 4.69) is 4.98 Å². The highest BCUT2D eigenvalue weighted by Gasteiger charge is 2.39. The van der Waals surface area contributed by atoms with E-state index in [-0.39, 0.29) is 5.60 Å². The van der Waals surface area contributed by atoms with Gasteiger partial charge in [-0.3, -0.25) is 0 Å². The zero-order valence-corrected chi connectivity index (χ0v) is 10.9. The molecular weight excluding hydrogens is 222 g/mol. The van der Waals surface area contributed by atoms with Crippen LogP contribution in [0, 0.1) is 6.92 Å². The smallest absolute Gasteiger partial charge is 0.0897 e. The lowest BCUT2D eigenvalue weighted by Crippen LogP contribution is -2.47. The van der Waals surface area contributed by atoms with Crippen LogP contribution < -0.4 is 0 Å². The van der Waals surface area contributed by atoms with E-state index in [0.717, 1.165) is 10.7 Å². The number of ether oxygens (including phenoxy) is 1. The van der Waals surface area contributed by atoms with Crippen molar-refractivity contribution in [2.45, 2.75) is 51.2 Å². The number of hydrogen-bond donors (Lipinski definition) is 1. The van der Waals surface area contributed by atoms with Gasteiger partial charge in [-0.05, 0) is 27.2 Å². The Kier molecular flexibility index (Phi) is 3.07. The van der Waals surface area contributed by atoms with Crippen molar-refractivity contribution in [1.82, 2.24) is 4.98 Å². The number of thiazole rings is 1. The summed E-state index contributed by atoms with van der Waals surface area (Å²) in [6.45, 7) is 6.69. The number of hydrogen-bond acceptors (Lipinski definition) is 4. The van der Waals surface area contributed by atoms with Crippen LogP contribution in [0.25, 0.3) is 0 Å². The average Bonchev–Trinajstić information content (AvgIpc) is 2.47. The summed E-state index contributed by atoms with van der Waals surface area (Å²) in [7, 11) is 0. The van der Waals surface area contributed by atoms with Gasteiger partial charge in [0.05, 0.1) is 28.5 Å². The molecule has 1 fully saturated rings. The van der Waals surface area contributed by atoms with E-state index in [1.54, 1.807) is 11.3 Å². The molecule has 0 saturated carbocycles. The number of nitrogens with zero attached hydrogens (tertiary/aromatic N) is 1. The van der Waals surface area contributed by atoms with Crippen LogP contribution in [0.4, 0.5) is 0 Å². The number of aromatic nitrogens is 1. The maximum Gasteiger partial charge on any atom is 0.0897 e. The topological polar surface area (TPSA) is 42.4 Å². The van der Waals surface area contributed by atoms with Crippen LogP contribution in [0.15, 0.2) is 5.38 Å². The molecule has 0 bridgehead atoms. The molecule has 0 aliphatic carbocycles. The standard InChI is InChI=1S/C12H19NO2S/c1-9-13-10(7-16-9)6-12(14)4-5-15-11(2,3)8-12/h7,14H,4-6,8H2,1-3H3. The van der Waals surface area contributed by atoms with Gasteiger partial charge in [0.25, 0.3) is 0 Å². The fourth-order valence-electron chi connectivity index (χ4n) is 2.43. The molecule has 1 unspecified atom stereocenters. The van der Waals surface area contributed by atoms with E-state index in [1.165, 1.54) is 0 Å². The Morgan fingerprint density at radius 1 is 1.56 bits per heavy atom. The molecule has 1 atom stereocenters. The molecule has 1 aromatic heterocycles. The quantitative estimate of drug-likeness (QED) is 0.864. The van der Waals surface area contributed by atoms with Crippen LogP contribution in [0.2, 0.25) is 0 Å². The van der Waals surface area contributed by atoms with E-state index >= 15 is 0 Å². The van der Waals surface area contributed by atoms with Crippen molar-refractivity contribution in [3.63, 3.8) is 0 Å². The van der Waals surface area contributed by atoms with Crippen LogP contribution in [-0.4, -0.2) is 27.9 Å². The third kappa shape index (κ3) is 2.81. The van der Waals surface area contributed by atoms with Gasteiger partial charge >= 0.3 is 0 Å². The molecule has 1 aliphatic rings. The Hall–Kier alpha value is -0.450. The zero-order chi connectivity index (χ0) is 11.8. The fourth-order valence-corrected chi connectivity index (χ4v) is 3.04. The first-order valence-corrected chi connectivity index (χ1v) is 6.54. The van der Waals surface area contributed by atoms with E-state index in [4.69, 9.17) is 4.74 Å². The zero-order valence-electron chi connectivity index (χ0n) is 10.1. The summed E-state index contributed by atoms with van der Waals surface area (Å²) in [4.78, 5) is 4.42. The van der Waals surface area contributed by atoms with Crippen molar-refractivity contribution >= 4 is 11.3 Å². The molecule has 16 heavy (non-hydrogen) atoms. The fraction of sp³-hybridized carbons (Fsp3) is 0.750. The molecule has 90 valence electrons. The summed E-state index contributed by atoms with van der Waals surface area (Å²) in [5, 5.41) is 13.7. The van der Waals surface area contributed by atoms with Crippen molar-refractivity contribution in [3.05, 3.63) is 16.1 Å². The SMILES string of the molecule is Cc1nc(CC2(O)CCOC(C)(C)C2)cs1. The monoisotopic (exact) mass is 241 g/mol. The largest absolute Gasteiger partial charge is 0.389 e. The van der Waals surface area contributed by atoms with Crippen molar-refractivity contribution in [2.75, 3.05) is 6.61 Å². The van der Waals surface area contributed by atoms with E-state index in [0.29, 0.717) is 25.9 Å². The molecule has 2 rings (SSSR count). The van der Waals surface area contributed by atoms with Gasteiger partial charge in [-0.1, -0.05) is 0 Å². The first-order chi connectivity index (χ1) is 7.39. The summed E-state index contributed by atoms with van der Waals surface area (Å²) in [6.07, 6.45) is 2.02. The molecule has 1 aliphatic heterocycles. The van der Waals surface area contributed by atoms with Crippen LogP contribution >= 0.6 is 11.3 Å². The lowest BCUT2D eigenvalue weighted by molar-refractivity contribution is -0.143. The Labute approximate surface area is 100 Å². The van der Waals surface area contributed by atoms with E-state index in [1.807, 2.05) is 26.2 Å². The van der Waals surface area contributed by atoms with Crippen LogP contribution in [0.1, 0.15) is 37.4 Å². The Balaban J connectivity index is 2.07. The summed E-state index contributed by atoms with van der Waals surface area (Å²) >= 11 is 1.64. The van der Waals surface area contributed by atoms with Gasteiger partial charge in [-0.15, -0.1) is 11.3 Å². The molecule has 4 heteroatoms. The summed E-state index contributed by atoms with van der Waals surface area (Å²) in [5.74, 6) is 0. The minimum atomic E-state index is -0.651. The second kappa shape index (κ2) is 4.09. The van der Waals surface area contributed by atoms with Crippen molar-refractivity contribution < 1.29 is 9.84 Å². The van der Waals surface area contributed by atoms with E-state index < -0.39 is 5.60 Å². The second-order valence-electron chi connectivity index (χ2n) is 5.29. The Bertz CT molecular complexity index is 375. The molecule has 1 aromatic rings. The maximum atomic E-state index is 10.6. The predicted octanol–water partition coefficient (Wildman–Crippen LogP) is 2.31. The Morgan fingerprint density at radius 3 is 2.88 bits per heavy atom. The van der Waals surface area contributed by atoms with Gasteiger partial charge in [0.1, 0.15) is 0 Å². The average molecular weight is 241 g/mol. The summed E-state index contributed by atoms with van der Waals surface area (Å²) < 4.78 is 5.63. The summed E-state index contributed by atoms with van der Waals surface area (Å²) in [6, 6.07) is 0. The second-order valence-corrected chi connectivity index (χ2v) is 6.36. The molecular formula is C12H19NO2S. The lowest BCUT2D eigenvalue weighted by atomic mass is 9.81. The minimum absolute atomic E-state index is 0.224. The third-order valence-electron chi connectivity index (χ3n) is 2.99. The van der Waals surface area contributed by atoms with Crippen molar-refractivity contribution in [1.29, 1.82) is 0 Å². The highest BCUT2D eigenvalue weighted by atomic mass is 32.1. The van der Waals surface area contributed by atoms with Crippen molar-refractivity contribution in [2.24, 2.45) is 0 Å². The summed E-state index contributed by atoms with van der Waals surface area (Å²) in [5.41, 5.74) is 0.128. The van der Waals surface area contributed by atoms with Gasteiger partial charge in [-0.25, -0.2) is 4.98 Å². The van der Waals surface area contributed by atoms with Crippen molar-refractivity contribution in [3.8, 4) is 0 Å². The Morgan fingerprint density at radius 2 is 2.31 bits per heavy atom. The highest BCUT2D eigenvalue weighted by Crippen LogP contribution is 2.34. The maximum absolute atomic E-state index is 10.6. The van der Waals surface area contributed by atoms with Gasteiger partial charge in [-0.2, -0.15) is 0 Å². The molecule has 3 nitrogen and oxygen atoms in total. The number of rotatable bonds is 2. The predicted molar refractivity (Wildman–Crippen MR) is 64.8 cm³/mol. The number of aryl methyl sites for hydroxylation is 1. The highest BCUT2D eigenvalue weighted by molar-refractivity contribution is 7.09. The number of aliphatic hydroxyl groups is 1. The van der Waals surface area contributed by atoms with Crippen LogP contribution in [-0.2, 0) is 11.2 Å². The molecule has 0 spiro atoms. The first-order valence-electron chi connectivity index (χ1n) is 5.66. The van der Waals surface area contributed by atoms with Gasteiger partial charge < -0.3 is 9.84 Å². The van der Waals surface area contributed by atoms with E-state index in [9.17, 15) is 5.11 Å².